The summed E-state index contributed by atoms with van der Waals surface area (Å²) in [6, 6.07) is 0. The second-order valence-electron chi connectivity index (χ2n) is 3.77. The number of nitrogens with zero attached hydrogens (tertiary/aromatic N) is 1. The maximum atomic E-state index is 11.8. The van der Waals surface area contributed by atoms with Crippen molar-refractivity contribution in [3.05, 3.63) is 0 Å². The van der Waals surface area contributed by atoms with E-state index in [1.807, 2.05) is 0 Å². The number of carbonyl (C=O) groups excluding carboxylic acids is 1. The molecular formula is C10H18ClNO3. The van der Waals surface area contributed by atoms with Crippen molar-refractivity contribution in [1.29, 1.82) is 0 Å². The predicted octanol–water partition coefficient (Wildman–Crippen LogP) is 0.878. The Labute approximate surface area is 95.5 Å². The van der Waals surface area contributed by atoms with E-state index >= 15 is 0 Å². The molecule has 0 aromatic heterocycles. The summed E-state index contributed by atoms with van der Waals surface area (Å²) < 4.78 is 10.2. The minimum Gasteiger partial charge on any atom is -0.383 e. The van der Waals surface area contributed by atoms with Crippen LogP contribution in [-0.4, -0.2) is 56.2 Å². The van der Waals surface area contributed by atoms with Crippen molar-refractivity contribution >= 4 is 17.5 Å². The Bertz CT molecular complexity index is 207. The second kappa shape index (κ2) is 6.30. The van der Waals surface area contributed by atoms with Crippen LogP contribution in [0.25, 0.3) is 0 Å². The number of ether oxygens (including phenoxy) is 2. The number of likely N-dealkylation sites (N-methyl/N-ethyl adjacent to an activating group) is 1. The maximum Gasteiger partial charge on any atom is 0.251 e. The van der Waals surface area contributed by atoms with Gasteiger partial charge in [0.15, 0.2) is 0 Å². The van der Waals surface area contributed by atoms with Crippen LogP contribution in [0.15, 0.2) is 0 Å². The van der Waals surface area contributed by atoms with Crippen molar-refractivity contribution in [3.63, 3.8) is 0 Å². The van der Waals surface area contributed by atoms with Crippen LogP contribution in [0.1, 0.15) is 12.8 Å². The normalized spacial score (nSPS) is 22.7. The van der Waals surface area contributed by atoms with E-state index in [9.17, 15) is 4.79 Å². The SMILES string of the molecule is COCC(Cl)CN(C)C(=O)C1CCCO1. The quantitative estimate of drug-likeness (QED) is 0.664. The molecule has 5 heteroatoms. The lowest BCUT2D eigenvalue weighted by Gasteiger charge is -2.22. The number of amides is 1. The molecule has 1 amide bonds. The third-order valence-electron chi connectivity index (χ3n) is 2.40. The lowest BCUT2D eigenvalue weighted by molar-refractivity contribution is -0.139. The van der Waals surface area contributed by atoms with Crippen molar-refractivity contribution in [2.45, 2.75) is 24.3 Å². The summed E-state index contributed by atoms with van der Waals surface area (Å²) in [6.45, 7) is 1.63. The summed E-state index contributed by atoms with van der Waals surface area (Å²) in [5, 5.41) is -0.162. The molecular weight excluding hydrogens is 218 g/mol. The van der Waals surface area contributed by atoms with Gasteiger partial charge in [-0.1, -0.05) is 0 Å². The van der Waals surface area contributed by atoms with E-state index in [1.54, 1.807) is 19.1 Å². The Balaban J connectivity index is 2.31. The van der Waals surface area contributed by atoms with E-state index in [0.717, 1.165) is 12.8 Å². The van der Waals surface area contributed by atoms with Crippen LogP contribution in [0.4, 0.5) is 0 Å². The van der Waals surface area contributed by atoms with Crippen LogP contribution in [0, 0.1) is 0 Å². The van der Waals surface area contributed by atoms with Crippen molar-refractivity contribution in [2.75, 3.05) is 33.9 Å². The van der Waals surface area contributed by atoms with E-state index in [1.165, 1.54) is 0 Å². The Morgan fingerprint density at radius 2 is 2.47 bits per heavy atom. The summed E-state index contributed by atoms with van der Waals surface area (Å²) in [5.41, 5.74) is 0. The lowest BCUT2D eigenvalue weighted by atomic mass is 10.2. The fourth-order valence-corrected chi connectivity index (χ4v) is 1.97. The highest BCUT2D eigenvalue weighted by Gasteiger charge is 2.27. The summed E-state index contributed by atoms with van der Waals surface area (Å²) >= 11 is 5.97. The van der Waals surface area contributed by atoms with Gasteiger partial charge in [0, 0.05) is 27.3 Å². The zero-order valence-corrected chi connectivity index (χ0v) is 10.00. The molecule has 0 aliphatic carbocycles. The molecule has 0 saturated carbocycles. The van der Waals surface area contributed by atoms with Crippen molar-refractivity contribution < 1.29 is 14.3 Å². The fourth-order valence-electron chi connectivity index (χ4n) is 1.64. The van der Waals surface area contributed by atoms with Gasteiger partial charge in [0.2, 0.25) is 0 Å². The third kappa shape index (κ3) is 3.97. The van der Waals surface area contributed by atoms with Gasteiger partial charge in [-0.3, -0.25) is 4.79 Å². The molecule has 2 unspecified atom stereocenters. The van der Waals surface area contributed by atoms with Gasteiger partial charge in [0.1, 0.15) is 6.10 Å². The number of rotatable bonds is 5. The van der Waals surface area contributed by atoms with Gasteiger partial charge in [0.05, 0.1) is 12.0 Å². The zero-order chi connectivity index (χ0) is 11.3. The second-order valence-corrected chi connectivity index (χ2v) is 4.39. The highest BCUT2D eigenvalue weighted by atomic mass is 35.5. The Hall–Kier alpha value is -0.320. The standard InChI is InChI=1S/C10H18ClNO3/c1-12(6-8(11)7-14-2)10(13)9-4-3-5-15-9/h8-9H,3-7H2,1-2H3. The Morgan fingerprint density at radius 3 is 3.00 bits per heavy atom. The predicted molar refractivity (Wildman–Crippen MR) is 58.1 cm³/mol. The summed E-state index contributed by atoms with van der Waals surface area (Å²) in [6.07, 6.45) is 1.52. The Kier molecular flexibility index (Phi) is 5.36. The molecule has 88 valence electrons. The maximum absolute atomic E-state index is 11.8. The van der Waals surface area contributed by atoms with Crippen LogP contribution in [0.5, 0.6) is 0 Å². The van der Waals surface area contributed by atoms with Gasteiger partial charge in [-0.2, -0.15) is 0 Å². The molecule has 0 bridgehead atoms. The van der Waals surface area contributed by atoms with E-state index in [-0.39, 0.29) is 17.4 Å². The molecule has 1 aliphatic heterocycles. The number of methoxy groups -OCH3 is 1. The number of halogens is 1. The van der Waals surface area contributed by atoms with Gasteiger partial charge < -0.3 is 14.4 Å². The minimum atomic E-state index is -0.263. The van der Waals surface area contributed by atoms with Gasteiger partial charge in [-0.05, 0) is 12.8 Å². The van der Waals surface area contributed by atoms with Crippen LogP contribution >= 0.6 is 11.6 Å². The van der Waals surface area contributed by atoms with Gasteiger partial charge in [-0.25, -0.2) is 0 Å². The molecule has 4 nitrogen and oxygen atoms in total. The van der Waals surface area contributed by atoms with Crippen LogP contribution in [-0.2, 0) is 14.3 Å². The molecule has 0 aromatic rings. The van der Waals surface area contributed by atoms with E-state index in [0.29, 0.717) is 19.8 Å². The first kappa shape index (κ1) is 12.7. The van der Waals surface area contributed by atoms with Gasteiger partial charge >= 0.3 is 0 Å². The smallest absolute Gasteiger partial charge is 0.251 e. The molecule has 1 aliphatic rings. The van der Waals surface area contributed by atoms with Gasteiger partial charge in [0.25, 0.3) is 5.91 Å². The Morgan fingerprint density at radius 1 is 1.73 bits per heavy atom. The number of carbonyl (C=O) groups is 1. The molecule has 0 aromatic carbocycles. The summed E-state index contributed by atoms with van der Waals surface area (Å²) in [5.74, 6) is 0.0225. The van der Waals surface area contributed by atoms with Crippen LogP contribution in [0.2, 0.25) is 0 Å². The molecule has 2 atom stereocenters. The first-order valence-corrected chi connectivity index (χ1v) is 5.58. The average Bonchev–Trinajstić information content (AvgIpc) is 2.69. The van der Waals surface area contributed by atoms with Crippen molar-refractivity contribution in [2.24, 2.45) is 0 Å². The molecule has 1 rings (SSSR count). The van der Waals surface area contributed by atoms with Crippen LogP contribution in [0.3, 0.4) is 0 Å². The molecule has 1 heterocycles. The number of alkyl halides is 1. The largest absolute Gasteiger partial charge is 0.383 e. The summed E-state index contributed by atoms with van der Waals surface area (Å²) in [4.78, 5) is 13.4. The van der Waals surface area contributed by atoms with Crippen molar-refractivity contribution in [3.8, 4) is 0 Å². The van der Waals surface area contributed by atoms with E-state index in [4.69, 9.17) is 21.1 Å². The molecule has 1 saturated heterocycles. The lowest BCUT2D eigenvalue weighted by Crippen LogP contribution is -2.40. The first-order chi connectivity index (χ1) is 7.15. The number of hydrogen-bond donors (Lipinski definition) is 0. The highest BCUT2D eigenvalue weighted by molar-refractivity contribution is 6.21. The third-order valence-corrected chi connectivity index (χ3v) is 2.66. The zero-order valence-electron chi connectivity index (χ0n) is 9.24. The van der Waals surface area contributed by atoms with Gasteiger partial charge in [-0.15, -0.1) is 11.6 Å². The summed E-state index contributed by atoms with van der Waals surface area (Å²) in [7, 11) is 3.34. The first-order valence-electron chi connectivity index (χ1n) is 5.14. The van der Waals surface area contributed by atoms with E-state index < -0.39 is 0 Å². The fraction of sp³-hybridized carbons (Fsp3) is 0.900. The minimum absolute atomic E-state index is 0.0225. The highest BCUT2D eigenvalue weighted by Crippen LogP contribution is 2.14. The van der Waals surface area contributed by atoms with Crippen molar-refractivity contribution in [1.82, 2.24) is 4.90 Å². The molecule has 1 fully saturated rings. The molecule has 0 spiro atoms. The van der Waals surface area contributed by atoms with Crippen LogP contribution < -0.4 is 0 Å². The monoisotopic (exact) mass is 235 g/mol. The molecule has 0 N–H and O–H groups in total. The average molecular weight is 236 g/mol. The topological polar surface area (TPSA) is 38.8 Å². The molecule has 0 radical (unpaired) electrons. The van der Waals surface area contributed by atoms with E-state index in [2.05, 4.69) is 0 Å². The number of hydrogen-bond acceptors (Lipinski definition) is 3. The molecule has 15 heavy (non-hydrogen) atoms.